The van der Waals surface area contributed by atoms with Crippen molar-refractivity contribution in [1.29, 1.82) is 0 Å². The number of aliphatic hydroxyl groups excluding tert-OH is 1. The Hall–Kier alpha value is -1.55. The molecule has 1 amide bonds. The van der Waals surface area contributed by atoms with Gasteiger partial charge >= 0.3 is 6.09 Å². The average Bonchev–Trinajstić information content (AvgIpc) is 2.65. The van der Waals surface area contributed by atoms with Crippen molar-refractivity contribution in [2.75, 3.05) is 0 Å². The third-order valence-electron chi connectivity index (χ3n) is 4.08. The van der Waals surface area contributed by atoms with Gasteiger partial charge in [0.05, 0.1) is 6.10 Å². The van der Waals surface area contributed by atoms with Crippen LogP contribution in [-0.4, -0.2) is 23.3 Å². The number of hydrogen-bond donors (Lipinski definition) is 2. The van der Waals surface area contributed by atoms with Crippen molar-refractivity contribution in [2.24, 2.45) is 11.8 Å². The highest BCUT2D eigenvalue weighted by Crippen LogP contribution is 2.31. The van der Waals surface area contributed by atoms with E-state index in [0.717, 1.165) is 5.56 Å². The summed E-state index contributed by atoms with van der Waals surface area (Å²) in [6.45, 7) is 4.32. The summed E-state index contributed by atoms with van der Waals surface area (Å²) in [6, 6.07) is 9.57. The average molecular weight is 263 g/mol. The zero-order valence-electron chi connectivity index (χ0n) is 11.4. The van der Waals surface area contributed by atoms with E-state index < -0.39 is 6.09 Å². The van der Waals surface area contributed by atoms with Crippen LogP contribution in [0.25, 0.3) is 0 Å². The lowest BCUT2D eigenvalue weighted by Gasteiger charge is -2.19. The largest absolute Gasteiger partial charge is 0.445 e. The Bertz CT molecular complexity index is 421. The number of benzene rings is 1. The Morgan fingerprint density at radius 2 is 2.00 bits per heavy atom. The number of carbonyl (C=O) groups is 1. The third kappa shape index (κ3) is 3.47. The van der Waals surface area contributed by atoms with Crippen LogP contribution in [0.4, 0.5) is 4.79 Å². The predicted molar refractivity (Wildman–Crippen MR) is 72.5 cm³/mol. The van der Waals surface area contributed by atoms with Gasteiger partial charge in [-0.05, 0) is 23.8 Å². The van der Waals surface area contributed by atoms with E-state index in [0.29, 0.717) is 6.42 Å². The maximum absolute atomic E-state index is 11.7. The van der Waals surface area contributed by atoms with Gasteiger partial charge in [0.25, 0.3) is 0 Å². The summed E-state index contributed by atoms with van der Waals surface area (Å²) in [4.78, 5) is 11.7. The highest BCUT2D eigenvalue weighted by molar-refractivity contribution is 5.67. The van der Waals surface area contributed by atoms with Crippen molar-refractivity contribution in [3.05, 3.63) is 35.9 Å². The summed E-state index contributed by atoms with van der Waals surface area (Å²) < 4.78 is 5.18. The first kappa shape index (κ1) is 13.9. The van der Waals surface area contributed by atoms with Crippen LogP contribution in [0.3, 0.4) is 0 Å². The second kappa shape index (κ2) is 6.06. The molecule has 4 atom stereocenters. The topological polar surface area (TPSA) is 58.6 Å². The number of rotatable bonds is 3. The number of aliphatic hydroxyl groups is 1. The van der Waals surface area contributed by atoms with Gasteiger partial charge in [0, 0.05) is 6.04 Å². The molecule has 1 aromatic carbocycles. The van der Waals surface area contributed by atoms with Crippen molar-refractivity contribution in [1.82, 2.24) is 5.32 Å². The number of nitrogens with one attached hydrogen (secondary N) is 1. The molecule has 0 heterocycles. The number of carbonyl (C=O) groups excluding carboxylic acids is 1. The van der Waals surface area contributed by atoms with Crippen molar-refractivity contribution in [3.63, 3.8) is 0 Å². The summed E-state index contributed by atoms with van der Waals surface area (Å²) >= 11 is 0. The molecule has 0 aromatic heterocycles. The standard InChI is InChI=1S/C15H21NO3/c1-10-11(2)14(17)8-13(10)16-15(18)19-9-12-6-4-3-5-7-12/h3-7,10-11,13-14,17H,8-9H2,1-2H3,(H,16,18)/t10-,11+,13-,14+/m1/s1. The molecule has 4 heteroatoms. The van der Waals surface area contributed by atoms with Crippen LogP contribution < -0.4 is 5.32 Å². The fraction of sp³-hybridized carbons (Fsp3) is 0.533. The predicted octanol–water partition coefficient (Wildman–Crippen LogP) is 2.32. The van der Waals surface area contributed by atoms with Gasteiger partial charge in [-0.3, -0.25) is 0 Å². The fourth-order valence-electron chi connectivity index (χ4n) is 2.51. The Morgan fingerprint density at radius 1 is 1.32 bits per heavy atom. The summed E-state index contributed by atoms with van der Waals surface area (Å²) in [7, 11) is 0. The molecule has 0 saturated heterocycles. The normalized spacial score (nSPS) is 30.1. The first-order valence-corrected chi connectivity index (χ1v) is 6.73. The summed E-state index contributed by atoms with van der Waals surface area (Å²) in [6.07, 6.45) is -0.153. The molecule has 1 fully saturated rings. The van der Waals surface area contributed by atoms with Crippen LogP contribution in [0, 0.1) is 11.8 Å². The van der Waals surface area contributed by atoms with Crippen LogP contribution in [-0.2, 0) is 11.3 Å². The SMILES string of the molecule is C[C@@H]1[C@H](C)[C@@H](O)C[C@H]1NC(=O)OCc1ccccc1. The Balaban J connectivity index is 1.79. The zero-order chi connectivity index (χ0) is 13.8. The molecule has 0 aliphatic heterocycles. The number of hydrogen-bond acceptors (Lipinski definition) is 3. The summed E-state index contributed by atoms with van der Waals surface area (Å²) in [5, 5.41) is 12.6. The van der Waals surface area contributed by atoms with Crippen molar-refractivity contribution in [2.45, 2.75) is 39.0 Å². The first-order chi connectivity index (χ1) is 9.08. The molecule has 1 aromatic rings. The minimum Gasteiger partial charge on any atom is -0.445 e. The third-order valence-corrected chi connectivity index (χ3v) is 4.08. The second-order valence-electron chi connectivity index (χ2n) is 5.33. The van der Waals surface area contributed by atoms with E-state index in [1.54, 1.807) is 0 Å². The van der Waals surface area contributed by atoms with Gasteiger partial charge in [-0.15, -0.1) is 0 Å². The molecule has 19 heavy (non-hydrogen) atoms. The molecule has 2 rings (SSSR count). The quantitative estimate of drug-likeness (QED) is 0.880. The fourth-order valence-corrected chi connectivity index (χ4v) is 2.51. The molecule has 0 unspecified atom stereocenters. The molecule has 4 nitrogen and oxygen atoms in total. The van der Waals surface area contributed by atoms with Crippen LogP contribution in [0.15, 0.2) is 30.3 Å². The van der Waals surface area contributed by atoms with Gasteiger partial charge in [0.15, 0.2) is 0 Å². The van der Waals surface area contributed by atoms with E-state index >= 15 is 0 Å². The van der Waals surface area contributed by atoms with Gasteiger partial charge in [-0.1, -0.05) is 44.2 Å². The first-order valence-electron chi connectivity index (χ1n) is 6.73. The van der Waals surface area contributed by atoms with Crippen molar-refractivity contribution >= 4 is 6.09 Å². The van der Waals surface area contributed by atoms with Crippen molar-refractivity contribution in [3.8, 4) is 0 Å². The lowest BCUT2D eigenvalue weighted by Crippen LogP contribution is -2.37. The molecule has 1 aliphatic rings. The maximum Gasteiger partial charge on any atom is 0.407 e. The van der Waals surface area contributed by atoms with Crippen LogP contribution in [0.5, 0.6) is 0 Å². The van der Waals surface area contributed by atoms with Gasteiger partial charge in [0.1, 0.15) is 6.61 Å². The van der Waals surface area contributed by atoms with Gasteiger partial charge in [-0.25, -0.2) is 4.79 Å². The smallest absolute Gasteiger partial charge is 0.407 e. The van der Waals surface area contributed by atoms with E-state index in [4.69, 9.17) is 4.74 Å². The molecular weight excluding hydrogens is 242 g/mol. The van der Waals surface area contributed by atoms with E-state index in [9.17, 15) is 9.90 Å². The molecule has 2 N–H and O–H groups in total. The number of ether oxygens (including phenoxy) is 1. The summed E-state index contributed by atoms with van der Waals surface area (Å²) in [5.41, 5.74) is 0.963. The van der Waals surface area contributed by atoms with Crippen LogP contribution in [0.1, 0.15) is 25.8 Å². The Labute approximate surface area is 113 Å². The lowest BCUT2D eigenvalue weighted by atomic mass is 9.97. The van der Waals surface area contributed by atoms with Gasteiger partial charge in [0.2, 0.25) is 0 Å². The molecule has 104 valence electrons. The lowest BCUT2D eigenvalue weighted by molar-refractivity contribution is 0.129. The molecule has 0 spiro atoms. The van der Waals surface area contributed by atoms with Crippen LogP contribution >= 0.6 is 0 Å². The Morgan fingerprint density at radius 3 is 2.58 bits per heavy atom. The summed E-state index contributed by atoms with van der Waals surface area (Å²) in [5.74, 6) is 0.471. The number of alkyl carbamates (subject to hydrolysis) is 1. The molecule has 1 saturated carbocycles. The number of amides is 1. The highest BCUT2D eigenvalue weighted by Gasteiger charge is 2.37. The van der Waals surface area contributed by atoms with E-state index in [1.165, 1.54) is 0 Å². The molecule has 0 radical (unpaired) electrons. The second-order valence-corrected chi connectivity index (χ2v) is 5.33. The van der Waals surface area contributed by atoms with Gasteiger partial charge < -0.3 is 15.2 Å². The van der Waals surface area contributed by atoms with Crippen LogP contribution in [0.2, 0.25) is 0 Å². The van der Waals surface area contributed by atoms with Gasteiger partial charge in [-0.2, -0.15) is 0 Å². The Kier molecular flexibility index (Phi) is 4.43. The highest BCUT2D eigenvalue weighted by atomic mass is 16.5. The monoisotopic (exact) mass is 263 g/mol. The van der Waals surface area contributed by atoms with E-state index in [-0.39, 0.29) is 30.6 Å². The van der Waals surface area contributed by atoms with E-state index in [1.807, 2.05) is 44.2 Å². The minimum absolute atomic E-state index is 0.00623. The zero-order valence-corrected chi connectivity index (χ0v) is 11.4. The molecular formula is C15H21NO3. The van der Waals surface area contributed by atoms with Crippen molar-refractivity contribution < 1.29 is 14.6 Å². The molecule has 0 bridgehead atoms. The maximum atomic E-state index is 11.7. The minimum atomic E-state index is -0.415. The molecule has 1 aliphatic carbocycles. The van der Waals surface area contributed by atoms with E-state index in [2.05, 4.69) is 5.32 Å².